The number of amides is 8. The van der Waals surface area contributed by atoms with Gasteiger partial charge in [-0.1, -0.05) is 231 Å². The monoisotopic (exact) mass is 1490 g/mol. The molecule has 8 aromatic rings. The van der Waals surface area contributed by atoms with Gasteiger partial charge in [0.25, 0.3) is 0 Å². The first kappa shape index (κ1) is 80.4. The zero-order valence-corrected chi connectivity index (χ0v) is 63.6. The molecule has 1 heterocycles. The van der Waals surface area contributed by atoms with Crippen LogP contribution in [0, 0.1) is 0 Å². The molecule has 0 unspecified atom stereocenters. The molecular formula is C87H98N8O13S. The Kier molecular flexibility index (Phi) is 27.1. The molecule has 0 radical (unpaired) electrons. The average Bonchev–Trinajstić information content (AvgIpc) is 1.57. The second-order valence-electron chi connectivity index (χ2n) is 29.4. The van der Waals surface area contributed by atoms with E-state index in [1.807, 2.05) is 231 Å². The van der Waals surface area contributed by atoms with Gasteiger partial charge in [-0.2, -0.15) is 0 Å². The van der Waals surface area contributed by atoms with Gasteiger partial charge in [0.2, 0.25) is 35.4 Å². The summed E-state index contributed by atoms with van der Waals surface area (Å²) in [6.45, 7) is 13.6. The number of fused-ring (bicyclic) bond motifs is 3. The highest BCUT2D eigenvalue weighted by atomic mass is 32.2. The Bertz CT molecular complexity index is 4190. The molecule has 1 saturated heterocycles. The number of carboxylic acids is 1. The molecule has 0 saturated carbocycles. The summed E-state index contributed by atoms with van der Waals surface area (Å²) >= 11 is 1.35. The van der Waals surface area contributed by atoms with Crippen LogP contribution in [0.3, 0.4) is 0 Å². The van der Waals surface area contributed by atoms with Gasteiger partial charge in [0, 0.05) is 24.8 Å². The third-order valence-corrected chi connectivity index (χ3v) is 20.9. The van der Waals surface area contributed by atoms with Crippen molar-refractivity contribution in [3.8, 4) is 11.1 Å². The average molecular weight is 1500 g/mol. The lowest BCUT2D eigenvalue weighted by Crippen LogP contribution is -2.62. The second-order valence-corrected chi connectivity index (χ2v) is 30.7. The Morgan fingerprint density at radius 1 is 0.505 bits per heavy atom. The molecule has 2 aliphatic rings. The van der Waals surface area contributed by atoms with Gasteiger partial charge in [-0.3, -0.25) is 28.8 Å². The summed E-state index contributed by atoms with van der Waals surface area (Å²) in [6, 6.07) is 63.6. The number of carbonyl (C=O) groups excluding carboxylic acids is 8. The van der Waals surface area contributed by atoms with E-state index in [9.17, 15) is 24.3 Å². The number of nitrogens with zero attached hydrogens (tertiary/aromatic N) is 1. The number of likely N-dealkylation sites (tertiary alicyclic amines) is 1. The molecule has 7 atom stereocenters. The molecule has 1 aliphatic heterocycles. The summed E-state index contributed by atoms with van der Waals surface area (Å²) in [5, 5.41) is 30.5. The topological polar surface area (TPSA) is 289 Å². The van der Waals surface area contributed by atoms with Gasteiger partial charge in [-0.15, -0.1) is 11.8 Å². The van der Waals surface area contributed by atoms with E-state index in [-0.39, 0.29) is 50.6 Å². The van der Waals surface area contributed by atoms with Crippen molar-refractivity contribution in [2.75, 3.05) is 25.4 Å². The second kappa shape index (κ2) is 36.7. The minimum Gasteiger partial charge on any atom is -0.480 e. The Hall–Kier alpha value is -11.1. The van der Waals surface area contributed by atoms with Crippen LogP contribution in [0.1, 0.15) is 144 Å². The third kappa shape index (κ3) is 20.4. The third-order valence-electron chi connectivity index (χ3n) is 19.3. The Labute approximate surface area is 641 Å². The van der Waals surface area contributed by atoms with Gasteiger partial charge < -0.3 is 61.4 Å². The highest BCUT2D eigenvalue weighted by Gasteiger charge is 2.45. The summed E-state index contributed by atoms with van der Waals surface area (Å²) in [7, 11) is 0. The van der Waals surface area contributed by atoms with Crippen LogP contribution in [-0.4, -0.2) is 143 Å². The van der Waals surface area contributed by atoms with E-state index in [1.165, 1.54) is 23.6 Å². The molecule has 109 heavy (non-hydrogen) atoms. The van der Waals surface area contributed by atoms with Crippen molar-refractivity contribution < 1.29 is 62.5 Å². The van der Waals surface area contributed by atoms with Crippen molar-refractivity contribution in [2.45, 2.75) is 164 Å². The molecular weight excluding hydrogens is 1400 g/mol. The predicted molar refractivity (Wildman–Crippen MR) is 420 cm³/mol. The number of thioether (sulfide) groups is 1. The number of unbranched alkanes of at least 4 members (excludes halogenated alkanes) is 1. The highest BCUT2D eigenvalue weighted by Crippen LogP contribution is 2.49. The van der Waals surface area contributed by atoms with Crippen molar-refractivity contribution in [1.82, 2.24) is 42.1 Å². The van der Waals surface area contributed by atoms with Crippen LogP contribution < -0.4 is 37.2 Å². The first-order valence-corrected chi connectivity index (χ1v) is 38.0. The van der Waals surface area contributed by atoms with E-state index in [4.69, 9.17) is 14.2 Å². The fourth-order valence-corrected chi connectivity index (χ4v) is 15.9. The maximum absolute atomic E-state index is 15.9. The van der Waals surface area contributed by atoms with Gasteiger partial charge in [0.05, 0.1) is 22.9 Å². The number of carbonyl (C=O) groups is 9. The van der Waals surface area contributed by atoms with E-state index >= 15 is 24.0 Å². The molecule has 0 aromatic heterocycles. The molecule has 570 valence electrons. The van der Waals surface area contributed by atoms with Crippen LogP contribution in [0.15, 0.2) is 231 Å². The molecule has 1 aliphatic carbocycles. The van der Waals surface area contributed by atoms with Gasteiger partial charge >= 0.3 is 18.2 Å². The van der Waals surface area contributed by atoms with Gasteiger partial charge in [-0.05, 0) is 143 Å². The summed E-state index contributed by atoms with van der Waals surface area (Å²) < 4.78 is 16.6. The van der Waals surface area contributed by atoms with Gasteiger partial charge in [0.15, 0.2) is 0 Å². The molecule has 21 nitrogen and oxygen atoms in total. The summed E-state index contributed by atoms with van der Waals surface area (Å²) in [6.07, 6.45) is -2.24. The first-order valence-electron chi connectivity index (χ1n) is 37.1. The number of alkyl carbamates (subject to hydrolysis) is 2. The minimum absolute atomic E-state index is 0.00510. The Morgan fingerprint density at radius 3 is 1.44 bits per heavy atom. The molecule has 8 aromatic carbocycles. The van der Waals surface area contributed by atoms with Gasteiger partial charge in [0.1, 0.15) is 54.0 Å². The van der Waals surface area contributed by atoms with E-state index < -0.39 is 124 Å². The normalized spacial score (nSPS) is 15.2. The van der Waals surface area contributed by atoms with Gasteiger partial charge in [-0.25, -0.2) is 14.4 Å². The van der Waals surface area contributed by atoms with Crippen LogP contribution in [0.25, 0.3) is 11.1 Å². The largest absolute Gasteiger partial charge is 0.480 e. The lowest BCUT2D eigenvalue weighted by Gasteiger charge is -2.38. The molecule has 10 rings (SSSR count). The van der Waals surface area contributed by atoms with Crippen LogP contribution in [0.2, 0.25) is 0 Å². The summed E-state index contributed by atoms with van der Waals surface area (Å²) in [5.74, 6) is -6.81. The number of nitrogens with one attached hydrogen (secondary N) is 7. The fraction of sp³-hybridized carbons (Fsp3) is 0.345. The number of hydrogen-bond acceptors (Lipinski definition) is 13. The standard InChI is InChI=1S/C87H98N8O13S/c1-57(89-79(100)75(58(2)107-84(3,4)5)93-77(98)70(50-31-32-52-88-82(104)108-85(6,7)8)92-83(105)106-55-69-67-48-29-27-46-65(67)66-47-28-30-49-68(66)69)76(97)90-71(54-74(96)94-86(59-34-15-9-16-35-59,60-36-17-10-18-37-60)61-38-19-11-20-39-61)78(99)91-72(80(101)95-53-33-51-73(95)81(102)103)56-109-87(62-40-21-12-22-41-62,63-42-23-13-24-43-63)64-44-25-14-26-45-64/h9-30,34-49,57-58,69-73,75H,31-33,50-56H2,1-8H3,(H,88,104)(H,89,100)(H,90,97)(H,91,99)(H,92,105)(H,93,98)(H,94,96)(H,102,103)/t57-,58+,70-,71-,72-,73-,75-/m0/s1. The SMILES string of the molecule is C[C@H](NC(=O)[C@@H](NC(=O)[C@H](CCCCNC(=O)OC(C)(C)C)NC(=O)OCC1c2ccccc2-c2ccccc21)[C@@H](C)OC(C)(C)C)C(=O)N[C@@H](CC(=O)NC(c1ccccc1)(c1ccccc1)c1ccccc1)C(=O)N[C@@H](CSC(c1ccccc1)(c1ccccc1)c1ccccc1)C(=O)N1CCC[C@H]1C(=O)O. The number of rotatable bonds is 32. The highest BCUT2D eigenvalue weighted by molar-refractivity contribution is 8.00. The Balaban J connectivity index is 0.961. The van der Waals surface area contributed by atoms with Crippen molar-refractivity contribution in [3.05, 3.63) is 275 Å². The molecule has 8 N–H and O–H groups in total. The number of carboxylic acid groups (broad SMARTS) is 1. The summed E-state index contributed by atoms with van der Waals surface area (Å²) in [5.41, 5.74) is 5.38. The first-order chi connectivity index (χ1) is 52.3. The van der Waals surface area contributed by atoms with Crippen LogP contribution in [0.4, 0.5) is 9.59 Å². The number of ether oxygens (including phenoxy) is 3. The number of benzene rings is 8. The molecule has 0 bridgehead atoms. The summed E-state index contributed by atoms with van der Waals surface area (Å²) in [4.78, 5) is 133. The zero-order valence-electron chi connectivity index (χ0n) is 62.8. The maximum Gasteiger partial charge on any atom is 0.407 e. The van der Waals surface area contributed by atoms with Crippen molar-refractivity contribution in [1.29, 1.82) is 0 Å². The maximum atomic E-state index is 15.9. The van der Waals surface area contributed by atoms with Crippen molar-refractivity contribution >= 4 is 65.4 Å². The minimum atomic E-state index is -1.81. The zero-order chi connectivity index (χ0) is 77.9. The van der Waals surface area contributed by atoms with E-state index in [0.29, 0.717) is 29.5 Å². The van der Waals surface area contributed by atoms with Crippen molar-refractivity contribution in [2.24, 2.45) is 0 Å². The van der Waals surface area contributed by atoms with Crippen molar-refractivity contribution in [3.63, 3.8) is 0 Å². The van der Waals surface area contributed by atoms with E-state index in [2.05, 4.69) is 37.2 Å². The lowest BCUT2D eigenvalue weighted by atomic mass is 9.77. The van der Waals surface area contributed by atoms with E-state index in [0.717, 1.165) is 38.9 Å². The molecule has 1 fully saturated rings. The number of hydrogen-bond donors (Lipinski definition) is 8. The van der Waals surface area contributed by atoms with Crippen LogP contribution in [-0.2, 0) is 58.1 Å². The van der Waals surface area contributed by atoms with Crippen LogP contribution in [0.5, 0.6) is 0 Å². The smallest absolute Gasteiger partial charge is 0.407 e. The molecule has 8 amide bonds. The van der Waals surface area contributed by atoms with Crippen LogP contribution >= 0.6 is 11.8 Å². The Morgan fingerprint density at radius 2 is 0.963 bits per heavy atom. The predicted octanol–water partition coefficient (Wildman–Crippen LogP) is 12.1. The fourth-order valence-electron chi connectivity index (χ4n) is 14.3. The lowest BCUT2D eigenvalue weighted by molar-refractivity contribution is -0.149. The quantitative estimate of drug-likeness (QED) is 0.0144. The van der Waals surface area contributed by atoms with E-state index in [1.54, 1.807) is 48.5 Å². The molecule has 0 spiro atoms. The molecule has 22 heteroatoms. The number of aliphatic carboxylic acids is 1.